The zero-order chi connectivity index (χ0) is 17.1. The van der Waals surface area contributed by atoms with E-state index in [-0.39, 0.29) is 0 Å². The molecular formula is C21H25N2S+. The monoisotopic (exact) mass is 337 g/mol. The van der Waals surface area contributed by atoms with E-state index in [1.807, 2.05) is 0 Å². The standard InChI is InChI=1S/C21H25N2S/c1-5-6-11-23-12-9-18(10-13-23)21-22-17(4)20(24-21)19-8-7-15(2)16(3)14-19/h7-10,12-14H,5-6,11H2,1-4H3/q+1. The molecule has 2 heterocycles. The predicted octanol–water partition coefficient (Wildman–Crippen LogP) is 5.49. The molecule has 0 bridgehead atoms. The van der Waals surface area contributed by atoms with Gasteiger partial charge < -0.3 is 0 Å². The molecule has 1 aromatic carbocycles. The molecule has 24 heavy (non-hydrogen) atoms. The van der Waals surface area contributed by atoms with Crippen LogP contribution in [0.15, 0.2) is 42.7 Å². The van der Waals surface area contributed by atoms with Gasteiger partial charge >= 0.3 is 0 Å². The van der Waals surface area contributed by atoms with Crippen molar-refractivity contribution in [3.8, 4) is 21.0 Å². The van der Waals surface area contributed by atoms with Gasteiger partial charge in [0, 0.05) is 24.1 Å². The van der Waals surface area contributed by atoms with Crippen molar-refractivity contribution in [2.45, 2.75) is 47.1 Å². The van der Waals surface area contributed by atoms with Gasteiger partial charge in [-0.05, 0) is 37.5 Å². The highest BCUT2D eigenvalue weighted by atomic mass is 32.1. The van der Waals surface area contributed by atoms with Crippen molar-refractivity contribution < 1.29 is 4.57 Å². The summed E-state index contributed by atoms with van der Waals surface area (Å²) in [4.78, 5) is 6.08. The van der Waals surface area contributed by atoms with Crippen LogP contribution in [0.3, 0.4) is 0 Å². The summed E-state index contributed by atoms with van der Waals surface area (Å²) in [5, 5.41) is 1.10. The summed E-state index contributed by atoms with van der Waals surface area (Å²) in [7, 11) is 0. The first kappa shape index (κ1) is 16.8. The summed E-state index contributed by atoms with van der Waals surface area (Å²) in [6, 6.07) is 11.0. The normalized spacial score (nSPS) is 11.0. The number of rotatable bonds is 5. The Kier molecular flexibility index (Phi) is 5.10. The van der Waals surface area contributed by atoms with Crippen molar-refractivity contribution in [1.29, 1.82) is 0 Å². The third-order valence-electron chi connectivity index (χ3n) is 4.47. The number of aromatic nitrogens is 2. The summed E-state index contributed by atoms with van der Waals surface area (Å²) >= 11 is 1.78. The fraction of sp³-hybridized carbons (Fsp3) is 0.333. The van der Waals surface area contributed by atoms with Crippen LogP contribution in [0.25, 0.3) is 21.0 Å². The number of pyridine rings is 1. The summed E-state index contributed by atoms with van der Waals surface area (Å²) in [5.74, 6) is 0. The first-order valence-corrected chi connectivity index (χ1v) is 9.44. The zero-order valence-electron chi connectivity index (χ0n) is 15.0. The van der Waals surface area contributed by atoms with E-state index in [0.29, 0.717) is 0 Å². The minimum absolute atomic E-state index is 1.08. The van der Waals surface area contributed by atoms with Gasteiger partial charge in [-0.2, -0.15) is 0 Å². The third-order valence-corrected chi connectivity index (χ3v) is 5.73. The van der Waals surface area contributed by atoms with Crippen molar-refractivity contribution in [1.82, 2.24) is 4.98 Å². The van der Waals surface area contributed by atoms with E-state index >= 15 is 0 Å². The molecule has 3 rings (SSSR count). The molecule has 0 saturated heterocycles. The highest BCUT2D eigenvalue weighted by Gasteiger charge is 2.13. The van der Waals surface area contributed by atoms with Gasteiger partial charge in [-0.3, -0.25) is 0 Å². The van der Waals surface area contributed by atoms with Gasteiger partial charge in [-0.1, -0.05) is 31.5 Å². The molecule has 3 aromatic rings. The largest absolute Gasteiger partial charge is 0.241 e. The Labute approximate surface area is 148 Å². The van der Waals surface area contributed by atoms with E-state index in [1.54, 1.807) is 11.3 Å². The number of hydrogen-bond donors (Lipinski definition) is 0. The molecule has 3 heteroatoms. The highest BCUT2D eigenvalue weighted by molar-refractivity contribution is 7.18. The minimum atomic E-state index is 1.08. The fourth-order valence-corrected chi connectivity index (χ4v) is 3.83. The first-order valence-electron chi connectivity index (χ1n) is 8.63. The molecule has 0 aliphatic rings. The summed E-state index contributed by atoms with van der Waals surface area (Å²) in [5.41, 5.74) is 6.25. The second-order valence-electron chi connectivity index (χ2n) is 6.41. The lowest BCUT2D eigenvalue weighted by Gasteiger charge is -2.03. The van der Waals surface area contributed by atoms with Crippen LogP contribution in [0, 0.1) is 20.8 Å². The molecule has 0 spiro atoms. The Morgan fingerprint density at radius 1 is 0.958 bits per heavy atom. The quantitative estimate of drug-likeness (QED) is 0.563. The molecule has 0 N–H and O–H groups in total. The topological polar surface area (TPSA) is 16.8 Å². The first-order chi connectivity index (χ1) is 11.6. The van der Waals surface area contributed by atoms with E-state index in [0.717, 1.165) is 17.2 Å². The number of unbranched alkanes of at least 4 members (excludes halogenated alkanes) is 1. The van der Waals surface area contributed by atoms with Gasteiger partial charge in [-0.15, -0.1) is 11.3 Å². The second-order valence-corrected chi connectivity index (χ2v) is 7.41. The van der Waals surface area contributed by atoms with E-state index in [2.05, 4.69) is 75.0 Å². The summed E-state index contributed by atoms with van der Waals surface area (Å²) in [6.07, 6.45) is 6.77. The van der Waals surface area contributed by atoms with Gasteiger partial charge in [-0.25, -0.2) is 9.55 Å². The summed E-state index contributed by atoms with van der Waals surface area (Å²) in [6.45, 7) is 9.74. The molecule has 124 valence electrons. The Balaban J connectivity index is 1.89. The lowest BCUT2D eigenvalue weighted by atomic mass is 10.0. The SMILES string of the molecule is CCCC[n+]1ccc(-c2nc(C)c(-c3ccc(C)c(C)c3)s2)cc1. The molecule has 0 radical (unpaired) electrons. The van der Waals surface area contributed by atoms with E-state index in [4.69, 9.17) is 4.98 Å². The van der Waals surface area contributed by atoms with Gasteiger partial charge in [0.15, 0.2) is 12.4 Å². The van der Waals surface area contributed by atoms with Crippen LogP contribution in [-0.4, -0.2) is 4.98 Å². The Morgan fingerprint density at radius 3 is 2.38 bits per heavy atom. The van der Waals surface area contributed by atoms with Crippen LogP contribution in [0.5, 0.6) is 0 Å². The van der Waals surface area contributed by atoms with Crippen LogP contribution in [0.4, 0.5) is 0 Å². The van der Waals surface area contributed by atoms with Crippen LogP contribution < -0.4 is 4.57 Å². The average Bonchev–Trinajstić information content (AvgIpc) is 2.98. The number of benzene rings is 1. The Bertz CT molecular complexity index is 832. The molecule has 0 fully saturated rings. The number of thiazole rings is 1. The highest BCUT2D eigenvalue weighted by Crippen LogP contribution is 2.35. The van der Waals surface area contributed by atoms with E-state index in [1.165, 1.54) is 40.0 Å². The molecule has 2 aromatic heterocycles. The van der Waals surface area contributed by atoms with Crippen LogP contribution in [0.2, 0.25) is 0 Å². The molecule has 0 saturated carbocycles. The molecule has 0 unspecified atom stereocenters. The van der Waals surface area contributed by atoms with Crippen molar-refractivity contribution >= 4 is 11.3 Å². The third kappa shape index (κ3) is 3.57. The fourth-order valence-electron chi connectivity index (χ4n) is 2.76. The maximum Gasteiger partial charge on any atom is 0.169 e. The Hall–Kier alpha value is -2.00. The van der Waals surface area contributed by atoms with E-state index in [9.17, 15) is 0 Å². The number of aryl methyl sites for hydroxylation is 4. The number of hydrogen-bond acceptors (Lipinski definition) is 2. The van der Waals surface area contributed by atoms with Gasteiger partial charge in [0.2, 0.25) is 0 Å². The van der Waals surface area contributed by atoms with Crippen molar-refractivity contribution in [3.63, 3.8) is 0 Å². The van der Waals surface area contributed by atoms with Gasteiger partial charge in [0.1, 0.15) is 11.6 Å². The lowest BCUT2D eigenvalue weighted by molar-refractivity contribution is -0.697. The second kappa shape index (κ2) is 7.27. The maximum absolute atomic E-state index is 4.81. The minimum Gasteiger partial charge on any atom is -0.241 e. The van der Waals surface area contributed by atoms with Crippen LogP contribution in [0.1, 0.15) is 36.6 Å². The lowest BCUT2D eigenvalue weighted by Crippen LogP contribution is -2.32. The van der Waals surface area contributed by atoms with Gasteiger partial charge in [0.25, 0.3) is 0 Å². The zero-order valence-corrected chi connectivity index (χ0v) is 15.8. The average molecular weight is 338 g/mol. The molecule has 0 aliphatic heterocycles. The maximum atomic E-state index is 4.81. The van der Waals surface area contributed by atoms with Crippen LogP contribution in [-0.2, 0) is 6.54 Å². The smallest absolute Gasteiger partial charge is 0.169 e. The molecule has 0 aliphatic carbocycles. The Morgan fingerprint density at radius 2 is 1.71 bits per heavy atom. The van der Waals surface area contributed by atoms with Crippen molar-refractivity contribution in [2.75, 3.05) is 0 Å². The van der Waals surface area contributed by atoms with Crippen molar-refractivity contribution in [2.24, 2.45) is 0 Å². The van der Waals surface area contributed by atoms with Gasteiger partial charge in [0.05, 0.1) is 10.6 Å². The number of nitrogens with zero attached hydrogens (tertiary/aromatic N) is 2. The predicted molar refractivity (Wildman–Crippen MR) is 102 cm³/mol. The molecule has 2 nitrogen and oxygen atoms in total. The molecule has 0 atom stereocenters. The van der Waals surface area contributed by atoms with E-state index < -0.39 is 0 Å². The van der Waals surface area contributed by atoms with Crippen molar-refractivity contribution in [3.05, 3.63) is 59.5 Å². The molecule has 0 amide bonds. The van der Waals surface area contributed by atoms with Crippen LogP contribution >= 0.6 is 11.3 Å². The summed E-state index contributed by atoms with van der Waals surface area (Å²) < 4.78 is 2.25. The molecular weight excluding hydrogens is 312 g/mol.